The number of hydrogen-bond acceptors (Lipinski definition) is 6. The van der Waals surface area contributed by atoms with Crippen LogP contribution in [0.1, 0.15) is 32.6 Å². The van der Waals surface area contributed by atoms with Crippen molar-refractivity contribution < 1.29 is 17.9 Å². The zero-order chi connectivity index (χ0) is 20.1. The summed E-state index contributed by atoms with van der Waals surface area (Å²) in [6, 6.07) is 4.15. The number of fused-ring (bicyclic) bond motifs is 1. The van der Waals surface area contributed by atoms with Gasteiger partial charge in [-0.1, -0.05) is 12.1 Å². The van der Waals surface area contributed by atoms with E-state index >= 15 is 0 Å². The van der Waals surface area contributed by atoms with E-state index in [4.69, 9.17) is 4.74 Å². The highest BCUT2D eigenvalue weighted by molar-refractivity contribution is 7.89. The summed E-state index contributed by atoms with van der Waals surface area (Å²) in [4.78, 5) is 12.6. The van der Waals surface area contributed by atoms with E-state index in [0.717, 1.165) is 18.5 Å². The lowest BCUT2D eigenvalue weighted by Gasteiger charge is -2.23. The number of nitrogens with one attached hydrogen (secondary N) is 1. The topological polar surface area (TPSA) is 106 Å². The molecule has 1 aromatic carbocycles. The van der Waals surface area contributed by atoms with Crippen molar-refractivity contribution in [2.45, 2.75) is 50.1 Å². The van der Waals surface area contributed by atoms with E-state index in [2.05, 4.69) is 15.6 Å². The number of ether oxygens (including phenoxy) is 1. The second-order valence-electron chi connectivity index (χ2n) is 6.87. The standard InChI is InChI=1S/C18H27N5O4S/c1-3-10-22-16-8-7-14(13-15(16)20-21-22)28(25,26)23-11-4-6-17(23)18(24)19-9-5-12-27-2/h7-8,13,17H,3-6,9-12H2,1-2H3,(H,19,24). The van der Waals surface area contributed by atoms with Crippen molar-refractivity contribution in [1.29, 1.82) is 0 Å². The molecule has 28 heavy (non-hydrogen) atoms. The van der Waals surface area contributed by atoms with E-state index in [-0.39, 0.29) is 10.8 Å². The van der Waals surface area contributed by atoms with E-state index in [1.807, 2.05) is 6.92 Å². The third-order valence-electron chi connectivity index (χ3n) is 4.86. The summed E-state index contributed by atoms with van der Waals surface area (Å²) < 4.78 is 34.4. The highest BCUT2D eigenvalue weighted by atomic mass is 32.2. The number of methoxy groups -OCH3 is 1. The molecule has 1 N–H and O–H groups in total. The molecule has 1 aromatic heterocycles. The molecule has 1 atom stereocenters. The van der Waals surface area contributed by atoms with E-state index < -0.39 is 16.1 Å². The van der Waals surface area contributed by atoms with Gasteiger partial charge in [-0.25, -0.2) is 13.1 Å². The molecule has 3 rings (SSSR count). The molecule has 154 valence electrons. The van der Waals surface area contributed by atoms with Crippen LogP contribution in [0.4, 0.5) is 0 Å². The number of benzene rings is 1. The third kappa shape index (κ3) is 4.18. The summed E-state index contributed by atoms with van der Waals surface area (Å²) in [5.74, 6) is -0.257. The fourth-order valence-electron chi connectivity index (χ4n) is 3.46. The molecule has 0 saturated carbocycles. The molecular weight excluding hydrogens is 382 g/mol. The van der Waals surface area contributed by atoms with Crippen LogP contribution >= 0.6 is 0 Å². The minimum Gasteiger partial charge on any atom is -0.385 e. The van der Waals surface area contributed by atoms with Gasteiger partial charge in [0.1, 0.15) is 11.6 Å². The molecule has 0 spiro atoms. The first-order valence-corrected chi connectivity index (χ1v) is 11.0. The number of amides is 1. The van der Waals surface area contributed by atoms with Crippen LogP contribution in [-0.2, 0) is 26.1 Å². The summed E-state index contributed by atoms with van der Waals surface area (Å²) in [7, 11) is -2.19. The second kappa shape index (κ2) is 8.97. The zero-order valence-corrected chi connectivity index (χ0v) is 17.1. The predicted octanol–water partition coefficient (Wildman–Crippen LogP) is 1.15. The SMILES string of the molecule is CCCn1nnc2cc(S(=O)(=O)N3CCCC3C(=O)NCCCOC)ccc21. The van der Waals surface area contributed by atoms with Gasteiger partial charge in [0, 0.05) is 33.4 Å². The van der Waals surface area contributed by atoms with Crippen LogP contribution in [-0.4, -0.2) is 66.5 Å². The number of hydrogen-bond donors (Lipinski definition) is 1. The van der Waals surface area contributed by atoms with Crippen LogP contribution in [0, 0.1) is 0 Å². The van der Waals surface area contributed by atoms with E-state index in [1.165, 1.54) is 10.4 Å². The molecule has 9 nitrogen and oxygen atoms in total. The van der Waals surface area contributed by atoms with Gasteiger partial charge in [0.15, 0.2) is 0 Å². The summed E-state index contributed by atoms with van der Waals surface area (Å²) in [5.41, 5.74) is 1.34. The lowest BCUT2D eigenvalue weighted by molar-refractivity contribution is -0.124. The summed E-state index contributed by atoms with van der Waals surface area (Å²) in [6.45, 7) is 4.11. The first-order valence-electron chi connectivity index (χ1n) is 9.60. The van der Waals surface area contributed by atoms with Gasteiger partial charge in [0.05, 0.1) is 10.4 Å². The van der Waals surface area contributed by atoms with Crippen molar-refractivity contribution in [2.75, 3.05) is 26.8 Å². The number of aromatic nitrogens is 3. The van der Waals surface area contributed by atoms with Crippen LogP contribution in [0.5, 0.6) is 0 Å². The van der Waals surface area contributed by atoms with Crippen molar-refractivity contribution in [3.05, 3.63) is 18.2 Å². The van der Waals surface area contributed by atoms with Crippen molar-refractivity contribution >= 4 is 27.0 Å². The number of nitrogens with zero attached hydrogens (tertiary/aromatic N) is 4. The van der Waals surface area contributed by atoms with Crippen LogP contribution in [0.15, 0.2) is 23.1 Å². The monoisotopic (exact) mass is 409 g/mol. The molecule has 1 amide bonds. The molecule has 1 fully saturated rings. The highest BCUT2D eigenvalue weighted by Crippen LogP contribution is 2.27. The summed E-state index contributed by atoms with van der Waals surface area (Å²) >= 11 is 0. The fourth-order valence-corrected chi connectivity index (χ4v) is 5.14. The van der Waals surface area contributed by atoms with Crippen molar-refractivity contribution in [3.8, 4) is 0 Å². The Morgan fingerprint density at radius 2 is 2.21 bits per heavy atom. The zero-order valence-electron chi connectivity index (χ0n) is 16.3. The Morgan fingerprint density at radius 3 is 2.96 bits per heavy atom. The Kier molecular flexibility index (Phi) is 6.63. The normalized spacial score (nSPS) is 18.0. The molecule has 10 heteroatoms. The molecule has 1 unspecified atom stereocenters. The molecule has 2 aromatic rings. The van der Waals surface area contributed by atoms with E-state index in [0.29, 0.717) is 44.5 Å². The Morgan fingerprint density at radius 1 is 1.39 bits per heavy atom. The van der Waals surface area contributed by atoms with Gasteiger partial charge in [0.25, 0.3) is 0 Å². The molecule has 0 radical (unpaired) electrons. The minimum atomic E-state index is -3.79. The first-order chi connectivity index (χ1) is 13.5. The molecular formula is C18H27N5O4S. The Bertz CT molecular complexity index is 927. The lowest BCUT2D eigenvalue weighted by atomic mass is 10.2. The van der Waals surface area contributed by atoms with Gasteiger partial charge in [0.2, 0.25) is 15.9 Å². The molecule has 1 aliphatic rings. The van der Waals surface area contributed by atoms with Gasteiger partial charge in [-0.3, -0.25) is 4.79 Å². The smallest absolute Gasteiger partial charge is 0.243 e. The van der Waals surface area contributed by atoms with Crippen molar-refractivity contribution in [3.63, 3.8) is 0 Å². The summed E-state index contributed by atoms with van der Waals surface area (Å²) in [5, 5.41) is 11.0. The van der Waals surface area contributed by atoms with Crippen LogP contribution in [0.3, 0.4) is 0 Å². The highest BCUT2D eigenvalue weighted by Gasteiger charge is 2.39. The Labute approximate surface area is 165 Å². The second-order valence-corrected chi connectivity index (χ2v) is 8.76. The van der Waals surface area contributed by atoms with Gasteiger partial charge < -0.3 is 10.1 Å². The van der Waals surface area contributed by atoms with Gasteiger partial charge in [-0.05, 0) is 43.9 Å². The fraction of sp³-hybridized carbons (Fsp3) is 0.611. The summed E-state index contributed by atoms with van der Waals surface area (Å²) in [6.07, 6.45) is 2.77. The molecule has 0 bridgehead atoms. The van der Waals surface area contributed by atoms with Crippen LogP contribution in [0.25, 0.3) is 11.0 Å². The maximum atomic E-state index is 13.2. The van der Waals surface area contributed by atoms with Crippen molar-refractivity contribution in [2.24, 2.45) is 0 Å². The number of sulfonamides is 1. The number of carbonyl (C=O) groups is 1. The molecule has 0 aliphatic carbocycles. The molecule has 1 saturated heterocycles. The molecule has 2 heterocycles. The minimum absolute atomic E-state index is 0.141. The number of aryl methyl sites for hydroxylation is 1. The van der Waals surface area contributed by atoms with Crippen LogP contribution < -0.4 is 5.32 Å². The Hall–Kier alpha value is -2.04. The van der Waals surface area contributed by atoms with Gasteiger partial charge in [-0.15, -0.1) is 5.10 Å². The van der Waals surface area contributed by atoms with Crippen LogP contribution in [0.2, 0.25) is 0 Å². The number of rotatable bonds is 9. The van der Waals surface area contributed by atoms with E-state index in [9.17, 15) is 13.2 Å². The average molecular weight is 410 g/mol. The maximum Gasteiger partial charge on any atom is 0.243 e. The van der Waals surface area contributed by atoms with E-state index in [1.54, 1.807) is 23.9 Å². The predicted molar refractivity (Wildman–Crippen MR) is 104 cm³/mol. The Balaban J connectivity index is 1.79. The van der Waals surface area contributed by atoms with Crippen molar-refractivity contribution in [1.82, 2.24) is 24.6 Å². The largest absolute Gasteiger partial charge is 0.385 e. The lowest BCUT2D eigenvalue weighted by Crippen LogP contribution is -2.46. The maximum absolute atomic E-state index is 13.2. The molecule has 1 aliphatic heterocycles. The first kappa shape index (κ1) is 20.7. The average Bonchev–Trinajstić information content (AvgIpc) is 3.33. The number of carbonyl (C=O) groups excluding carboxylic acids is 1. The van der Waals surface area contributed by atoms with Gasteiger partial charge in [-0.2, -0.15) is 4.31 Å². The van der Waals surface area contributed by atoms with Gasteiger partial charge >= 0.3 is 0 Å². The third-order valence-corrected chi connectivity index (χ3v) is 6.76. The quantitative estimate of drug-likeness (QED) is 0.623.